The van der Waals surface area contributed by atoms with Crippen LogP contribution in [0.15, 0.2) is 72.4 Å². The number of aryl methyl sites for hydroxylation is 1. The van der Waals surface area contributed by atoms with Crippen LogP contribution in [0.3, 0.4) is 0 Å². The van der Waals surface area contributed by atoms with Crippen molar-refractivity contribution in [2.24, 2.45) is 0 Å². The topological polar surface area (TPSA) is 94.7 Å². The van der Waals surface area contributed by atoms with Crippen molar-refractivity contribution in [3.05, 3.63) is 101 Å². The van der Waals surface area contributed by atoms with Gasteiger partial charge in [0.25, 0.3) is 11.5 Å². The van der Waals surface area contributed by atoms with Crippen molar-refractivity contribution in [2.75, 3.05) is 5.32 Å². The number of hydrogen-bond donors (Lipinski definition) is 1. The first kappa shape index (κ1) is 19.2. The Kier molecular flexibility index (Phi) is 5.17. The fraction of sp³-hybridized carbons (Fsp3) is 0.0952. The van der Waals surface area contributed by atoms with Crippen LogP contribution in [0, 0.1) is 12.7 Å². The fourth-order valence-corrected chi connectivity index (χ4v) is 3.04. The first-order valence-electron chi connectivity index (χ1n) is 9.08. The average molecular weight is 404 g/mol. The van der Waals surface area contributed by atoms with Crippen LogP contribution in [0.1, 0.15) is 21.5 Å². The van der Waals surface area contributed by atoms with Crippen molar-refractivity contribution in [3.63, 3.8) is 0 Å². The lowest BCUT2D eigenvalue weighted by Gasteiger charge is -2.12. The molecule has 1 amide bonds. The summed E-state index contributed by atoms with van der Waals surface area (Å²) >= 11 is 0. The molecule has 0 aliphatic rings. The summed E-state index contributed by atoms with van der Waals surface area (Å²) in [5.41, 5.74) is 1.32. The summed E-state index contributed by atoms with van der Waals surface area (Å²) in [6.07, 6.45) is 7.82. The van der Waals surface area contributed by atoms with Crippen LogP contribution in [0.4, 0.5) is 10.1 Å². The largest absolute Gasteiger partial charge is 0.319 e. The molecule has 0 fully saturated rings. The van der Waals surface area contributed by atoms with Crippen LogP contribution in [-0.4, -0.2) is 30.2 Å². The second-order valence-corrected chi connectivity index (χ2v) is 6.66. The lowest BCUT2D eigenvalue weighted by Crippen LogP contribution is -2.30. The van der Waals surface area contributed by atoms with E-state index < -0.39 is 17.3 Å². The van der Waals surface area contributed by atoms with Gasteiger partial charge in [-0.1, -0.05) is 6.07 Å². The summed E-state index contributed by atoms with van der Waals surface area (Å²) in [6, 6.07) is 9.49. The third-order valence-electron chi connectivity index (χ3n) is 4.59. The quantitative estimate of drug-likeness (QED) is 0.552. The van der Waals surface area contributed by atoms with Crippen LogP contribution < -0.4 is 10.9 Å². The lowest BCUT2D eigenvalue weighted by atomic mass is 10.1. The maximum absolute atomic E-state index is 14.3. The molecule has 0 saturated carbocycles. The van der Waals surface area contributed by atoms with Crippen LogP contribution >= 0.6 is 0 Å². The van der Waals surface area contributed by atoms with Gasteiger partial charge in [0.1, 0.15) is 24.0 Å². The van der Waals surface area contributed by atoms with Crippen molar-refractivity contribution >= 4 is 11.6 Å². The molecule has 1 aromatic carbocycles. The van der Waals surface area contributed by atoms with Crippen molar-refractivity contribution in [1.82, 2.24) is 24.3 Å². The number of rotatable bonds is 5. The van der Waals surface area contributed by atoms with Crippen molar-refractivity contribution in [2.45, 2.75) is 13.5 Å². The Balaban J connectivity index is 1.65. The maximum Gasteiger partial charge on any atom is 0.263 e. The number of amides is 1. The normalized spacial score (nSPS) is 10.7. The summed E-state index contributed by atoms with van der Waals surface area (Å²) in [6.45, 7) is 1.93. The molecule has 3 heterocycles. The first-order valence-corrected chi connectivity index (χ1v) is 9.08. The number of hydrogen-bond acceptors (Lipinski definition) is 5. The molecule has 0 bridgehead atoms. The molecule has 150 valence electrons. The highest BCUT2D eigenvalue weighted by Gasteiger charge is 2.18. The number of nitrogens with zero attached hydrogens (tertiary/aromatic N) is 5. The Morgan fingerprint density at radius 1 is 1.17 bits per heavy atom. The van der Waals surface area contributed by atoms with Crippen LogP contribution in [-0.2, 0) is 6.54 Å². The van der Waals surface area contributed by atoms with Gasteiger partial charge in [-0.2, -0.15) is 0 Å². The Hall–Kier alpha value is -4.14. The van der Waals surface area contributed by atoms with Gasteiger partial charge in [0.15, 0.2) is 0 Å². The number of pyridine rings is 2. The minimum atomic E-state index is -0.683. The zero-order valence-electron chi connectivity index (χ0n) is 16.0. The molecule has 0 aliphatic carbocycles. The molecule has 0 saturated heterocycles. The molecular weight excluding hydrogens is 387 g/mol. The van der Waals surface area contributed by atoms with Crippen molar-refractivity contribution in [3.8, 4) is 5.69 Å². The van der Waals surface area contributed by atoms with Gasteiger partial charge < -0.3 is 9.88 Å². The van der Waals surface area contributed by atoms with Gasteiger partial charge in [-0.15, -0.1) is 10.2 Å². The van der Waals surface area contributed by atoms with Gasteiger partial charge >= 0.3 is 0 Å². The molecule has 0 radical (unpaired) electrons. The van der Waals surface area contributed by atoms with Gasteiger partial charge in [-0.25, -0.2) is 4.39 Å². The van der Waals surface area contributed by atoms with E-state index in [9.17, 15) is 14.0 Å². The Labute approximate surface area is 170 Å². The average Bonchev–Trinajstić information content (AvgIpc) is 3.27. The molecule has 0 atom stereocenters. The van der Waals surface area contributed by atoms with E-state index in [0.717, 1.165) is 5.56 Å². The molecule has 1 N–H and O–H groups in total. The third-order valence-corrected chi connectivity index (χ3v) is 4.59. The Bertz CT molecular complexity index is 1250. The summed E-state index contributed by atoms with van der Waals surface area (Å²) < 4.78 is 17.3. The van der Waals surface area contributed by atoms with Gasteiger partial charge in [0.05, 0.1) is 17.9 Å². The molecule has 4 rings (SSSR count). The predicted octanol–water partition coefficient (Wildman–Crippen LogP) is 2.57. The zero-order valence-corrected chi connectivity index (χ0v) is 16.0. The predicted molar refractivity (Wildman–Crippen MR) is 108 cm³/mol. The minimum absolute atomic E-state index is 0.0458. The summed E-state index contributed by atoms with van der Waals surface area (Å²) in [5, 5.41) is 9.93. The molecule has 9 heteroatoms. The Morgan fingerprint density at radius 3 is 2.70 bits per heavy atom. The SMILES string of the molecule is Cc1ccn(Cc2cccnc2)c(=O)c1C(=O)Nc1cc(-n2cnnc2)ccc1F. The highest BCUT2D eigenvalue weighted by molar-refractivity contribution is 6.05. The number of aromatic nitrogens is 5. The van der Waals surface area contributed by atoms with Gasteiger partial charge in [-0.05, 0) is 48.4 Å². The molecule has 0 aliphatic heterocycles. The van der Waals surface area contributed by atoms with Crippen molar-refractivity contribution in [1.29, 1.82) is 0 Å². The van der Waals surface area contributed by atoms with Gasteiger partial charge in [0.2, 0.25) is 0 Å². The number of nitrogens with one attached hydrogen (secondary N) is 1. The van der Waals surface area contributed by atoms with Crippen LogP contribution in [0.5, 0.6) is 0 Å². The standard InChI is InChI=1S/C21H17FN6O2/c1-14-6-8-27(11-15-3-2-7-23-10-15)21(30)19(14)20(29)26-18-9-16(4-5-17(18)22)28-12-24-25-13-28/h2-10,12-13H,11H2,1H3,(H,26,29). The van der Waals surface area contributed by atoms with E-state index in [1.807, 2.05) is 6.07 Å². The summed E-state index contributed by atoms with van der Waals surface area (Å²) in [4.78, 5) is 29.8. The first-order chi connectivity index (χ1) is 14.5. The van der Waals surface area contributed by atoms with Crippen LogP contribution in [0.25, 0.3) is 5.69 Å². The highest BCUT2D eigenvalue weighted by atomic mass is 19.1. The van der Waals surface area contributed by atoms with E-state index in [1.54, 1.807) is 42.2 Å². The number of halogens is 1. The second-order valence-electron chi connectivity index (χ2n) is 6.66. The number of carbonyl (C=O) groups is 1. The smallest absolute Gasteiger partial charge is 0.263 e. The van der Waals surface area contributed by atoms with Crippen molar-refractivity contribution < 1.29 is 9.18 Å². The summed E-state index contributed by atoms with van der Waals surface area (Å²) in [7, 11) is 0. The van der Waals surface area contributed by atoms with E-state index in [1.165, 1.54) is 35.4 Å². The van der Waals surface area contributed by atoms with E-state index in [2.05, 4.69) is 20.5 Å². The molecule has 0 unspecified atom stereocenters. The van der Waals surface area contributed by atoms with Gasteiger partial charge in [0, 0.05) is 18.6 Å². The number of carbonyl (C=O) groups excluding carboxylic acids is 1. The zero-order chi connectivity index (χ0) is 21.1. The summed E-state index contributed by atoms with van der Waals surface area (Å²) in [5.74, 6) is -1.30. The molecule has 0 spiro atoms. The second kappa shape index (κ2) is 8.08. The van der Waals surface area contributed by atoms with Crippen LogP contribution in [0.2, 0.25) is 0 Å². The monoisotopic (exact) mass is 404 g/mol. The molecular formula is C21H17FN6O2. The molecule has 3 aromatic heterocycles. The highest BCUT2D eigenvalue weighted by Crippen LogP contribution is 2.19. The van der Waals surface area contributed by atoms with E-state index in [4.69, 9.17) is 0 Å². The Morgan fingerprint density at radius 2 is 1.97 bits per heavy atom. The van der Waals surface area contributed by atoms with Gasteiger partial charge in [-0.3, -0.25) is 19.1 Å². The molecule has 30 heavy (non-hydrogen) atoms. The van der Waals surface area contributed by atoms with E-state index >= 15 is 0 Å². The maximum atomic E-state index is 14.3. The molecule has 4 aromatic rings. The minimum Gasteiger partial charge on any atom is -0.319 e. The van der Waals surface area contributed by atoms with E-state index in [-0.39, 0.29) is 17.8 Å². The third kappa shape index (κ3) is 3.86. The lowest BCUT2D eigenvalue weighted by molar-refractivity contribution is 0.102. The number of anilines is 1. The molecule has 8 nitrogen and oxygen atoms in total. The fourth-order valence-electron chi connectivity index (χ4n) is 3.04. The number of benzene rings is 1. The van der Waals surface area contributed by atoms with E-state index in [0.29, 0.717) is 11.3 Å².